The monoisotopic (exact) mass is 351 g/mol. The maximum absolute atomic E-state index is 5.81. The fourth-order valence-corrected chi connectivity index (χ4v) is 3.38. The summed E-state index contributed by atoms with van der Waals surface area (Å²) < 4.78 is 13.5. The van der Waals surface area contributed by atoms with E-state index in [2.05, 4.69) is 60.8 Å². The number of benzene rings is 2. The highest BCUT2D eigenvalue weighted by atomic mass is 16.5. The van der Waals surface area contributed by atoms with E-state index in [0.29, 0.717) is 13.2 Å². The maximum Gasteiger partial charge on any atom is 0.0906 e. The molecule has 26 heavy (non-hydrogen) atoms. The van der Waals surface area contributed by atoms with Gasteiger partial charge in [-0.3, -0.25) is 0 Å². The van der Waals surface area contributed by atoms with Gasteiger partial charge < -0.3 is 14.8 Å². The predicted octanol–water partition coefficient (Wildman–Crippen LogP) is 3.23. The molecule has 0 spiro atoms. The molecule has 1 atom stereocenters. The van der Waals surface area contributed by atoms with Crippen LogP contribution in [0, 0.1) is 6.92 Å². The van der Waals surface area contributed by atoms with Crippen molar-refractivity contribution in [1.29, 1.82) is 0 Å². The number of morpholine rings is 1. The van der Waals surface area contributed by atoms with Gasteiger partial charge in [-0.1, -0.05) is 30.3 Å². The van der Waals surface area contributed by atoms with Crippen LogP contribution in [0.15, 0.2) is 48.5 Å². The Balaban J connectivity index is 1.38. The zero-order valence-corrected chi connectivity index (χ0v) is 15.1. The fourth-order valence-electron chi connectivity index (χ4n) is 3.38. The Kier molecular flexibility index (Phi) is 5.29. The fraction of sp³-hybridized carbons (Fsp3) is 0.381. The number of fused-ring (bicyclic) bond motifs is 1. The molecule has 1 saturated heterocycles. The second kappa shape index (κ2) is 7.99. The number of ether oxygens (including phenoxy) is 2. The van der Waals surface area contributed by atoms with Gasteiger partial charge in [-0.25, -0.2) is 4.68 Å². The zero-order valence-electron chi connectivity index (χ0n) is 15.1. The van der Waals surface area contributed by atoms with Crippen LogP contribution in [0.2, 0.25) is 0 Å². The largest absolute Gasteiger partial charge is 0.375 e. The van der Waals surface area contributed by atoms with E-state index >= 15 is 0 Å². The minimum Gasteiger partial charge on any atom is -0.375 e. The lowest BCUT2D eigenvalue weighted by Crippen LogP contribution is -2.39. The highest BCUT2D eigenvalue weighted by Gasteiger charge is 2.13. The predicted molar refractivity (Wildman–Crippen MR) is 103 cm³/mol. The van der Waals surface area contributed by atoms with E-state index in [0.717, 1.165) is 43.2 Å². The average molecular weight is 351 g/mol. The molecule has 1 aromatic heterocycles. The first kappa shape index (κ1) is 17.2. The van der Waals surface area contributed by atoms with Crippen molar-refractivity contribution in [2.45, 2.75) is 26.1 Å². The minimum absolute atomic E-state index is 0.264. The number of nitrogens with one attached hydrogen (secondary N) is 1. The molecule has 1 N–H and O–H groups in total. The summed E-state index contributed by atoms with van der Waals surface area (Å²) in [5.41, 5.74) is 3.14. The van der Waals surface area contributed by atoms with Gasteiger partial charge in [0.25, 0.3) is 0 Å². The number of aromatic nitrogens is 2. The Morgan fingerprint density at radius 3 is 2.92 bits per heavy atom. The lowest BCUT2D eigenvalue weighted by molar-refractivity contribution is 0.000125. The molecular formula is C21H25N3O2. The molecule has 0 radical (unpaired) electrons. The van der Waals surface area contributed by atoms with Gasteiger partial charge in [-0.05, 0) is 42.3 Å². The van der Waals surface area contributed by atoms with Crippen molar-refractivity contribution in [2.75, 3.05) is 26.3 Å². The molecule has 3 aromatic rings. The Bertz CT molecular complexity index is 869. The molecule has 2 heterocycles. The third kappa shape index (κ3) is 3.96. The first-order chi connectivity index (χ1) is 12.8. The lowest BCUT2D eigenvalue weighted by Gasteiger charge is -2.23. The second-order valence-electron chi connectivity index (χ2n) is 6.76. The van der Waals surface area contributed by atoms with Crippen LogP contribution in [0.4, 0.5) is 0 Å². The first-order valence-corrected chi connectivity index (χ1v) is 9.24. The molecule has 1 aliphatic heterocycles. The van der Waals surface area contributed by atoms with Gasteiger partial charge in [0.15, 0.2) is 0 Å². The number of rotatable bonds is 6. The molecular weight excluding hydrogens is 326 g/mol. The van der Waals surface area contributed by atoms with Crippen LogP contribution in [0.1, 0.15) is 17.8 Å². The molecule has 0 bridgehead atoms. The first-order valence-electron chi connectivity index (χ1n) is 9.24. The van der Waals surface area contributed by atoms with Crippen LogP contribution in [0.5, 0.6) is 0 Å². The van der Waals surface area contributed by atoms with Gasteiger partial charge in [0.2, 0.25) is 0 Å². The van der Waals surface area contributed by atoms with Gasteiger partial charge in [-0.15, -0.1) is 0 Å². The maximum atomic E-state index is 5.81. The summed E-state index contributed by atoms with van der Waals surface area (Å²) >= 11 is 0. The smallest absolute Gasteiger partial charge is 0.0906 e. The van der Waals surface area contributed by atoms with Gasteiger partial charge in [0, 0.05) is 25.4 Å². The van der Waals surface area contributed by atoms with Crippen molar-refractivity contribution in [1.82, 2.24) is 15.1 Å². The number of hydrogen-bond acceptors (Lipinski definition) is 4. The van der Waals surface area contributed by atoms with Gasteiger partial charge in [-0.2, -0.15) is 5.10 Å². The lowest BCUT2D eigenvalue weighted by atomic mass is 10.1. The van der Waals surface area contributed by atoms with E-state index in [9.17, 15) is 0 Å². The molecule has 136 valence electrons. The minimum atomic E-state index is 0.264. The highest BCUT2D eigenvalue weighted by molar-refractivity contribution is 5.84. The topological polar surface area (TPSA) is 48.3 Å². The molecule has 0 aliphatic carbocycles. The average Bonchev–Trinajstić information content (AvgIpc) is 3.06. The molecule has 0 saturated carbocycles. The van der Waals surface area contributed by atoms with E-state index in [4.69, 9.17) is 14.6 Å². The summed E-state index contributed by atoms with van der Waals surface area (Å²) in [6, 6.07) is 16.9. The van der Waals surface area contributed by atoms with Crippen molar-refractivity contribution in [3.05, 3.63) is 59.9 Å². The Morgan fingerprint density at radius 2 is 2.08 bits per heavy atom. The third-order valence-electron chi connectivity index (χ3n) is 4.75. The standard InChI is InChI=1S/C21H25N3O2/c1-16-12-19(15-25-10-8-21-14-22-9-11-26-21)23-24(16)20-7-6-17-4-2-3-5-18(17)13-20/h2-7,12-13,21-22H,8-11,14-15H2,1H3. The third-order valence-corrected chi connectivity index (χ3v) is 4.75. The highest BCUT2D eigenvalue weighted by Crippen LogP contribution is 2.20. The van der Waals surface area contributed by atoms with Gasteiger partial charge in [0.05, 0.1) is 30.7 Å². The van der Waals surface area contributed by atoms with Gasteiger partial charge >= 0.3 is 0 Å². The molecule has 1 fully saturated rings. The van der Waals surface area contributed by atoms with E-state index in [1.807, 2.05) is 4.68 Å². The Morgan fingerprint density at radius 1 is 1.19 bits per heavy atom. The summed E-state index contributed by atoms with van der Waals surface area (Å²) in [4.78, 5) is 0. The van der Waals surface area contributed by atoms with Crippen LogP contribution in [0.25, 0.3) is 16.5 Å². The van der Waals surface area contributed by atoms with Crippen LogP contribution in [-0.2, 0) is 16.1 Å². The van der Waals surface area contributed by atoms with E-state index in [1.165, 1.54) is 10.8 Å². The number of hydrogen-bond donors (Lipinski definition) is 1. The molecule has 1 unspecified atom stereocenters. The van der Waals surface area contributed by atoms with Crippen LogP contribution in [0.3, 0.4) is 0 Å². The summed E-state index contributed by atoms with van der Waals surface area (Å²) in [5, 5.41) is 10.5. The van der Waals surface area contributed by atoms with Crippen molar-refractivity contribution in [3.8, 4) is 5.69 Å². The summed E-state index contributed by atoms with van der Waals surface area (Å²) in [5.74, 6) is 0. The van der Waals surface area contributed by atoms with E-state index in [-0.39, 0.29) is 6.10 Å². The van der Waals surface area contributed by atoms with Crippen molar-refractivity contribution in [3.63, 3.8) is 0 Å². The molecule has 1 aliphatic rings. The second-order valence-corrected chi connectivity index (χ2v) is 6.76. The van der Waals surface area contributed by atoms with Crippen LogP contribution >= 0.6 is 0 Å². The van der Waals surface area contributed by atoms with Crippen LogP contribution in [-0.4, -0.2) is 42.2 Å². The molecule has 0 amide bonds. The molecule has 4 rings (SSSR count). The summed E-state index contributed by atoms with van der Waals surface area (Å²) in [6.45, 7) is 5.95. The Labute approximate surface area is 153 Å². The van der Waals surface area contributed by atoms with E-state index < -0.39 is 0 Å². The van der Waals surface area contributed by atoms with Crippen molar-refractivity contribution in [2.24, 2.45) is 0 Å². The summed E-state index contributed by atoms with van der Waals surface area (Å²) in [7, 11) is 0. The van der Waals surface area contributed by atoms with E-state index in [1.54, 1.807) is 0 Å². The number of aryl methyl sites for hydroxylation is 1. The number of nitrogens with zero attached hydrogens (tertiary/aromatic N) is 2. The molecule has 5 heteroatoms. The molecule has 5 nitrogen and oxygen atoms in total. The van der Waals surface area contributed by atoms with Crippen molar-refractivity contribution >= 4 is 10.8 Å². The zero-order chi connectivity index (χ0) is 17.8. The Hall–Kier alpha value is -2.21. The SMILES string of the molecule is Cc1cc(COCCC2CNCCO2)nn1-c1ccc2ccccc2c1. The van der Waals surface area contributed by atoms with Gasteiger partial charge in [0.1, 0.15) is 0 Å². The quantitative estimate of drug-likeness (QED) is 0.693. The van der Waals surface area contributed by atoms with Crippen molar-refractivity contribution < 1.29 is 9.47 Å². The van der Waals surface area contributed by atoms with Crippen LogP contribution < -0.4 is 5.32 Å². The molecule has 2 aromatic carbocycles. The summed E-state index contributed by atoms with van der Waals surface area (Å²) in [6.07, 6.45) is 1.18. The normalized spacial score (nSPS) is 17.7.